The summed E-state index contributed by atoms with van der Waals surface area (Å²) in [6, 6.07) is 0. The van der Waals surface area contributed by atoms with Gasteiger partial charge in [0.25, 0.3) is 0 Å². The van der Waals surface area contributed by atoms with Crippen LogP contribution < -0.4 is 0 Å². The Morgan fingerprint density at radius 3 is 1.91 bits per heavy atom. The van der Waals surface area contributed by atoms with E-state index in [1.165, 1.54) is 0 Å². The van der Waals surface area contributed by atoms with Crippen LogP contribution in [0.5, 0.6) is 0 Å². The van der Waals surface area contributed by atoms with Crippen LogP contribution in [0.25, 0.3) is 0 Å². The Morgan fingerprint density at radius 2 is 1.64 bits per heavy atom. The Morgan fingerprint density at radius 1 is 1.18 bits per heavy atom. The van der Waals surface area contributed by atoms with E-state index in [9.17, 15) is 4.79 Å². The van der Waals surface area contributed by atoms with Crippen LogP contribution in [0.3, 0.4) is 0 Å². The van der Waals surface area contributed by atoms with Crippen molar-refractivity contribution in [3.63, 3.8) is 0 Å². The average Bonchev–Trinajstić information content (AvgIpc) is 2.45. The molecule has 1 aliphatic heterocycles. The summed E-state index contributed by atoms with van der Waals surface area (Å²) >= 11 is 0. The van der Waals surface area contributed by atoms with Crippen LogP contribution in [0.4, 0.5) is 0 Å². The highest BCUT2D eigenvalue weighted by Crippen LogP contribution is 2.12. The summed E-state index contributed by atoms with van der Waals surface area (Å²) in [4.78, 5) is 14.3. The number of rotatable bonds is 3. The fourth-order valence-electron chi connectivity index (χ4n) is 1.24. The summed E-state index contributed by atoms with van der Waals surface area (Å²) in [5.74, 6) is 0. The van der Waals surface area contributed by atoms with Crippen molar-refractivity contribution in [2.75, 3.05) is 13.1 Å². The monoisotopic (exact) mass is 152 g/mol. The highest BCUT2D eigenvalue weighted by Gasteiger charge is 2.25. The zero-order chi connectivity index (χ0) is 8.27. The lowest BCUT2D eigenvalue weighted by molar-refractivity contribution is -0.113. The Hall–Kier alpha value is -1.25. The summed E-state index contributed by atoms with van der Waals surface area (Å²) in [5.41, 5.74) is 0. The Balaban J connectivity index is 2.68. The third-order valence-electron chi connectivity index (χ3n) is 1.89. The van der Waals surface area contributed by atoms with Crippen LogP contribution in [0, 0.1) is 0 Å². The molecule has 0 aromatic carbocycles. The van der Waals surface area contributed by atoms with E-state index < -0.39 is 0 Å². The molecule has 1 rings (SSSR count). The maximum Gasteiger partial charge on any atom is 0.162 e. The molecule has 3 heteroatoms. The molecule has 0 aromatic rings. The van der Waals surface area contributed by atoms with Gasteiger partial charge in [0.1, 0.15) is 0 Å². The largest absolute Gasteiger partial charge is 0.350 e. The van der Waals surface area contributed by atoms with E-state index in [1.54, 1.807) is 12.4 Å². The van der Waals surface area contributed by atoms with Crippen LogP contribution >= 0.6 is 0 Å². The van der Waals surface area contributed by atoms with Crippen LogP contribution in [0.1, 0.15) is 0 Å². The second kappa shape index (κ2) is 3.23. The fourth-order valence-corrected chi connectivity index (χ4v) is 1.24. The predicted octanol–water partition coefficient (Wildman–Crippen LogP) is 0.416. The smallest absolute Gasteiger partial charge is 0.162 e. The van der Waals surface area contributed by atoms with Crippen LogP contribution in [0.15, 0.2) is 25.6 Å². The van der Waals surface area contributed by atoms with E-state index >= 15 is 0 Å². The molecule has 1 saturated heterocycles. The molecule has 0 atom stereocenters. The number of carbonyl (C=O) groups excluding carboxylic acids is 1. The van der Waals surface area contributed by atoms with Crippen molar-refractivity contribution in [3.8, 4) is 0 Å². The Labute approximate surface area is 66.6 Å². The quantitative estimate of drug-likeness (QED) is 0.547. The number of aldehydes is 1. The summed E-state index contributed by atoms with van der Waals surface area (Å²) in [6.45, 7) is 8.92. The van der Waals surface area contributed by atoms with Gasteiger partial charge in [-0.05, 0) is 12.4 Å². The second-order valence-corrected chi connectivity index (χ2v) is 2.39. The number of carbonyl (C=O) groups is 1. The lowest BCUT2D eigenvalue weighted by Gasteiger charge is -2.21. The molecule has 0 aromatic heterocycles. The molecule has 11 heavy (non-hydrogen) atoms. The summed E-state index contributed by atoms with van der Waals surface area (Å²) in [6.07, 6.45) is 4.08. The van der Waals surface area contributed by atoms with Crippen molar-refractivity contribution in [2.45, 2.75) is 6.17 Å². The van der Waals surface area contributed by atoms with Crippen LogP contribution in [-0.2, 0) is 4.79 Å². The molecule has 60 valence electrons. The van der Waals surface area contributed by atoms with Crippen molar-refractivity contribution in [3.05, 3.63) is 25.6 Å². The minimum Gasteiger partial charge on any atom is -0.350 e. The third kappa shape index (κ3) is 1.27. The maximum absolute atomic E-state index is 10.6. The summed E-state index contributed by atoms with van der Waals surface area (Å²) < 4.78 is 0. The zero-order valence-electron chi connectivity index (χ0n) is 6.44. The Kier molecular flexibility index (Phi) is 2.31. The highest BCUT2D eigenvalue weighted by atomic mass is 16.1. The minimum absolute atomic E-state index is 0.190. The van der Waals surface area contributed by atoms with Gasteiger partial charge in [-0.2, -0.15) is 0 Å². The first kappa shape index (κ1) is 7.85. The molecule has 0 saturated carbocycles. The van der Waals surface area contributed by atoms with Gasteiger partial charge >= 0.3 is 0 Å². The topological polar surface area (TPSA) is 23.6 Å². The van der Waals surface area contributed by atoms with Crippen molar-refractivity contribution >= 4 is 6.29 Å². The van der Waals surface area contributed by atoms with Gasteiger partial charge in [-0.15, -0.1) is 0 Å². The first-order chi connectivity index (χ1) is 5.33. The predicted molar refractivity (Wildman–Crippen MR) is 43.7 cm³/mol. The van der Waals surface area contributed by atoms with Crippen LogP contribution in [-0.4, -0.2) is 35.3 Å². The SMILES string of the molecule is C=CN1CCN(C=C)C1C=O. The van der Waals surface area contributed by atoms with Gasteiger partial charge in [-0.3, -0.25) is 4.79 Å². The Bertz CT molecular complexity index is 163. The van der Waals surface area contributed by atoms with Gasteiger partial charge in [-0.25, -0.2) is 0 Å². The van der Waals surface area contributed by atoms with Gasteiger partial charge in [0.2, 0.25) is 0 Å². The molecule has 1 aliphatic rings. The van der Waals surface area contributed by atoms with Gasteiger partial charge in [0.15, 0.2) is 12.5 Å². The van der Waals surface area contributed by atoms with Crippen molar-refractivity contribution in [1.29, 1.82) is 0 Å². The van der Waals surface area contributed by atoms with E-state index in [0.717, 1.165) is 19.4 Å². The van der Waals surface area contributed by atoms with Gasteiger partial charge in [0.05, 0.1) is 0 Å². The molecular formula is C8H12N2O. The summed E-state index contributed by atoms with van der Waals surface area (Å²) in [7, 11) is 0. The van der Waals surface area contributed by atoms with E-state index in [0.29, 0.717) is 0 Å². The maximum atomic E-state index is 10.6. The molecule has 1 heterocycles. The summed E-state index contributed by atoms with van der Waals surface area (Å²) in [5, 5.41) is 0. The molecule has 0 amide bonds. The number of nitrogens with zero attached hydrogens (tertiary/aromatic N) is 2. The zero-order valence-corrected chi connectivity index (χ0v) is 6.44. The number of hydrogen-bond donors (Lipinski definition) is 0. The first-order valence-corrected chi connectivity index (χ1v) is 3.55. The molecule has 1 fully saturated rings. The minimum atomic E-state index is -0.190. The molecule has 0 spiro atoms. The molecule has 0 aliphatic carbocycles. The van der Waals surface area contributed by atoms with E-state index in [4.69, 9.17) is 0 Å². The van der Waals surface area contributed by atoms with E-state index in [1.807, 2.05) is 9.80 Å². The van der Waals surface area contributed by atoms with Gasteiger partial charge < -0.3 is 9.80 Å². The standard InChI is InChI=1S/C8H12N2O/c1-3-9-5-6-10(4-2)8(9)7-11/h3-4,7-8H,1-2,5-6H2. The van der Waals surface area contributed by atoms with E-state index in [2.05, 4.69) is 13.2 Å². The fraction of sp³-hybridized carbons (Fsp3) is 0.375. The normalized spacial score (nSPS) is 18.5. The van der Waals surface area contributed by atoms with E-state index in [-0.39, 0.29) is 6.17 Å². The van der Waals surface area contributed by atoms with Gasteiger partial charge in [-0.1, -0.05) is 13.2 Å². The molecule has 0 unspecified atom stereocenters. The molecule has 3 nitrogen and oxygen atoms in total. The molecular weight excluding hydrogens is 140 g/mol. The van der Waals surface area contributed by atoms with Crippen LogP contribution in [0.2, 0.25) is 0 Å². The van der Waals surface area contributed by atoms with Crippen molar-refractivity contribution < 1.29 is 4.79 Å². The van der Waals surface area contributed by atoms with Gasteiger partial charge in [0, 0.05) is 13.1 Å². The van der Waals surface area contributed by atoms with Crippen molar-refractivity contribution in [2.24, 2.45) is 0 Å². The lowest BCUT2D eigenvalue weighted by atomic mass is 10.5. The lowest BCUT2D eigenvalue weighted by Crippen LogP contribution is -2.34. The molecule has 0 bridgehead atoms. The highest BCUT2D eigenvalue weighted by molar-refractivity contribution is 5.58. The molecule has 0 radical (unpaired) electrons. The first-order valence-electron chi connectivity index (χ1n) is 3.55. The third-order valence-corrected chi connectivity index (χ3v) is 1.89. The number of hydrogen-bond acceptors (Lipinski definition) is 3. The average molecular weight is 152 g/mol. The van der Waals surface area contributed by atoms with Crippen molar-refractivity contribution in [1.82, 2.24) is 9.80 Å². The molecule has 0 N–H and O–H groups in total. The second-order valence-electron chi connectivity index (χ2n) is 2.39.